The van der Waals surface area contributed by atoms with E-state index in [1.807, 2.05) is 60.5 Å². The van der Waals surface area contributed by atoms with E-state index in [-0.39, 0.29) is 5.91 Å². The molecule has 1 amide bonds. The lowest BCUT2D eigenvalue weighted by atomic mass is 10.2. The predicted octanol–water partition coefficient (Wildman–Crippen LogP) is 3.74. The van der Waals surface area contributed by atoms with E-state index in [2.05, 4.69) is 15.5 Å². The molecule has 0 atom stereocenters. The summed E-state index contributed by atoms with van der Waals surface area (Å²) in [5.41, 5.74) is 4.66. The number of nitrogens with one attached hydrogen (secondary N) is 1. The van der Waals surface area contributed by atoms with Gasteiger partial charge in [0.2, 0.25) is 5.91 Å². The van der Waals surface area contributed by atoms with Gasteiger partial charge in [-0.3, -0.25) is 14.2 Å². The number of benzene rings is 1. The molecular weight excluding hydrogens is 350 g/mol. The van der Waals surface area contributed by atoms with Crippen LogP contribution in [0.2, 0.25) is 5.02 Å². The molecule has 1 aromatic carbocycles. The summed E-state index contributed by atoms with van der Waals surface area (Å²) in [5.74, 6) is -0.0443. The van der Waals surface area contributed by atoms with Crippen LogP contribution in [-0.2, 0) is 17.9 Å². The Kier molecular flexibility index (Phi) is 5.42. The predicted molar refractivity (Wildman–Crippen MR) is 102 cm³/mol. The summed E-state index contributed by atoms with van der Waals surface area (Å²) in [5, 5.41) is 12.5. The Bertz CT molecular complexity index is 911. The molecule has 7 heteroatoms. The van der Waals surface area contributed by atoms with Gasteiger partial charge >= 0.3 is 0 Å². The number of carbonyl (C=O) groups excluding carboxylic acids is 1. The molecule has 6 nitrogen and oxygen atoms in total. The maximum absolute atomic E-state index is 12.3. The lowest BCUT2D eigenvalue weighted by Crippen LogP contribution is -2.16. The Hall–Kier alpha value is -2.60. The van der Waals surface area contributed by atoms with Crippen molar-refractivity contribution in [1.82, 2.24) is 19.6 Å². The number of amides is 1. The fourth-order valence-corrected chi connectivity index (χ4v) is 2.96. The third-order valence-corrected chi connectivity index (χ3v) is 4.62. The monoisotopic (exact) mass is 371 g/mol. The summed E-state index contributed by atoms with van der Waals surface area (Å²) in [7, 11) is 0. The van der Waals surface area contributed by atoms with Crippen molar-refractivity contribution in [3.63, 3.8) is 0 Å². The van der Waals surface area contributed by atoms with E-state index in [9.17, 15) is 4.79 Å². The molecule has 0 radical (unpaired) electrons. The first-order valence-corrected chi connectivity index (χ1v) is 8.88. The van der Waals surface area contributed by atoms with E-state index in [0.29, 0.717) is 24.5 Å². The molecule has 0 unspecified atom stereocenters. The Balaban J connectivity index is 1.66. The quantitative estimate of drug-likeness (QED) is 0.717. The van der Waals surface area contributed by atoms with Crippen LogP contribution in [0.15, 0.2) is 36.5 Å². The molecule has 0 fully saturated rings. The average Bonchev–Trinajstić information content (AvgIpc) is 3.13. The van der Waals surface area contributed by atoms with Crippen LogP contribution in [0, 0.1) is 20.8 Å². The topological polar surface area (TPSA) is 64.7 Å². The summed E-state index contributed by atoms with van der Waals surface area (Å²) in [6, 6.07) is 9.60. The largest absolute Gasteiger partial charge is 0.323 e. The number of anilines is 1. The van der Waals surface area contributed by atoms with Crippen molar-refractivity contribution >= 4 is 23.2 Å². The van der Waals surface area contributed by atoms with Gasteiger partial charge in [-0.2, -0.15) is 10.2 Å². The molecular formula is C19H22ClN5O. The standard InChI is InChI=1S/C19H22ClN5O/c1-13-8-10-21-24(13)11-9-18(26)22-19-14(2)23-25(15(19)3)12-16-4-6-17(20)7-5-16/h4-8,10H,9,11-12H2,1-3H3,(H,22,26). The third kappa shape index (κ3) is 4.14. The van der Waals surface area contributed by atoms with Gasteiger partial charge in [0.05, 0.1) is 23.6 Å². The SMILES string of the molecule is Cc1nn(Cc2ccc(Cl)cc2)c(C)c1NC(=O)CCn1nccc1C. The van der Waals surface area contributed by atoms with Crippen molar-refractivity contribution in [1.29, 1.82) is 0 Å². The minimum atomic E-state index is -0.0443. The normalized spacial score (nSPS) is 10.9. The number of halogens is 1. The van der Waals surface area contributed by atoms with Crippen LogP contribution in [0.3, 0.4) is 0 Å². The van der Waals surface area contributed by atoms with Gasteiger partial charge in [-0.25, -0.2) is 0 Å². The van der Waals surface area contributed by atoms with Crippen molar-refractivity contribution in [3.05, 3.63) is 64.2 Å². The molecule has 0 spiro atoms. The molecule has 0 aliphatic rings. The van der Waals surface area contributed by atoms with E-state index >= 15 is 0 Å². The number of hydrogen-bond acceptors (Lipinski definition) is 3. The van der Waals surface area contributed by atoms with Crippen molar-refractivity contribution in [2.45, 2.75) is 40.3 Å². The Morgan fingerprint density at radius 1 is 1.12 bits per heavy atom. The second kappa shape index (κ2) is 7.74. The van der Waals surface area contributed by atoms with Crippen LogP contribution < -0.4 is 5.32 Å². The van der Waals surface area contributed by atoms with Crippen LogP contribution in [-0.4, -0.2) is 25.5 Å². The Labute approximate surface area is 157 Å². The number of nitrogens with zero attached hydrogens (tertiary/aromatic N) is 4. The van der Waals surface area contributed by atoms with Gasteiger partial charge in [-0.1, -0.05) is 23.7 Å². The fraction of sp³-hybridized carbons (Fsp3) is 0.316. The number of carbonyl (C=O) groups is 1. The molecule has 0 aliphatic carbocycles. The summed E-state index contributed by atoms with van der Waals surface area (Å²) in [4.78, 5) is 12.3. The first kappa shape index (κ1) is 18.2. The van der Waals surface area contributed by atoms with Crippen molar-refractivity contribution in [2.24, 2.45) is 0 Å². The second-order valence-corrected chi connectivity index (χ2v) is 6.76. The van der Waals surface area contributed by atoms with Crippen LogP contribution in [0.1, 0.15) is 29.1 Å². The summed E-state index contributed by atoms with van der Waals surface area (Å²) < 4.78 is 3.72. The van der Waals surface area contributed by atoms with Gasteiger partial charge in [-0.15, -0.1) is 0 Å². The fourth-order valence-electron chi connectivity index (χ4n) is 2.84. The third-order valence-electron chi connectivity index (χ3n) is 4.37. The number of rotatable bonds is 6. The van der Waals surface area contributed by atoms with Crippen molar-refractivity contribution in [3.8, 4) is 0 Å². The molecule has 0 saturated carbocycles. The minimum Gasteiger partial charge on any atom is -0.323 e. The first-order chi connectivity index (χ1) is 12.4. The summed E-state index contributed by atoms with van der Waals surface area (Å²) in [6.45, 7) is 7.02. The Morgan fingerprint density at radius 3 is 2.50 bits per heavy atom. The second-order valence-electron chi connectivity index (χ2n) is 6.32. The van der Waals surface area contributed by atoms with Gasteiger partial charge in [0.25, 0.3) is 0 Å². The minimum absolute atomic E-state index is 0.0443. The van der Waals surface area contributed by atoms with Crippen LogP contribution >= 0.6 is 11.6 Å². The van der Waals surface area contributed by atoms with Crippen LogP contribution in [0.25, 0.3) is 0 Å². The van der Waals surface area contributed by atoms with Gasteiger partial charge in [0, 0.05) is 29.9 Å². The maximum Gasteiger partial charge on any atom is 0.226 e. The summed E-state index contributed by atoms with van der Waals surface area (Å²) in [6.07, 6.45) is 2.10. The molecule has 26 heavy (non-hydrogen) atoms. The highest BCUT2D eigenvalue weighted by atomic mass is 35.5. The van der Waals surface area contributed by atoms with Crippen molar-refractivity contribution in [2.75, 3.05) is 5.32 Å². The van der Waals surface area contributed by atoms with Gasteiger partial charge in [0.1, 0.15) is 0 Å². The van der Waals surface area contributed by atoms with Gasteiger partial charge in [0.15, 0.2) is 0 Å². The smallest absolute Gasteiger partial charge is 0.226 e. The highest BCUT2D eigenvalue weighted by molar-refractivity contribution is 6.30. The van der Waals surface area contributed by atoms with E-state index < -0.39 is 0 Å². The summed E-state index contributed by atoms with van der Waals surface area (Å²) >= 11 is 5.93. The zero-order chi connectivity index (χ0) is 18.7. The molecule has 3 aromatic rings. The van der Waals surface area contributed by atoms with Crippen LogP contribution in [0.4, 0.5) is 5.69 Å². The molecule has 0 bridgehead atoms. The van der Waals surface area contributed by atoms with E-state index in [1.54, 1.807) is 6.20 Å². The van der Waals surface area contributed by atoms with Crippen LogP contribution in [0.5, 0.6) is 0 Å². The van der Waals surface area contributed by atoms with E-state index in [1.165, 1.54) is 0 Å². The first-order valence-electron chi connectivity index (χ1n) is 8.51. The maximum atomic E-state index is 12.3. The highest BCUT2D eigenvalue weighted by Crippen LogP contribution is 2.21. The zero-order valence-corrected chi connectivity index (χ0v) is 15.9. The van der Waals surface area contributed by atoms with Gasteiger partial charge < -0.3 is 5.32 Å². The lowest BCUT2D eigenvalue weighted by molar-refractivity contribution is -0.116. The van der Waals surface area contributed by atoms with Crippen molar-refractivity contribution < 1.29 is 4.79 Å². The van der Waals surface area contributed by atoms with E-state index in [0.717, 1.165) is 28.3 Å². The number of hydrogen-bond donors (Lipinski definition) is 1. The van der Waals surface area contributed by atoms with Gasteiger partial charge in [-0.05, 0) is 44.5 Å². The molecule has 0 aliphatic heterocycles. The average molecular weight is 372 g/mol. The number of aromatic nitrogens is 4. The highest BCUT2D eigenvalue weighted by Gasteiger charge is 2.14. The molecule has 1 N–H and O–H groups in total. The molecule has 3 rings (SSSR count). The molecule has 2 heterocycles. The Morgan fingerprint density at radius 2 is 1.85 bits per heavy atom. The lowest BCUT2D eigenvalue weighted by Gasteiger charge is -2.08. The number of aryl methyl sites for hydroxylation is 3. The molecule has 2 aromatic heterocycles. The zero-order valence-electron chi connectivity index (χ0n) is 15.2. The van der Waals surface area contributed by atoms with E-state index in [4.69, 9.17) is 11.6 Å². The molecule has 0 saturated heterocycles. The molecule has 136 valence electrons.